The second-order valence-corrected chi connectivity index (χ2v) is 9.03. The molecule has 4 heterocycles. The summed E-state index contributed by atoms with van der Waals surface area (Å²) < 4.78 is 5.17. The molecule has 8 nitrogen and oxygen atoms in total. The number of pyridine rings is 3. The van der Waals surface area contributed by atoms with Crippen LogP contribution in [-0.4, -0.2) is 40.0 Å². The second-order valence-electron chi connectivity index (χ2n) is 9.03. The van der Waals surface area contributed by atoms with Crippen molar-refractivity contribution < 1.29 is 9.53 Å². The van der Waals surface area contributed by atoms with Crippen molar-refractivity contribution in [2.45, 2.75) is 25.9 Å². The fourth-order valence-corrected chi connectivity index (χ4v) is 4.14. The number of carbonyl (C=O) groups is 1. The average molecular weight is 455 g/mol. The van der Waals surface area contributed by atoms with E-state index < -0.39 is 5.54 Å². The summed E-state index contributed by atoms with van der Waals surface area (Å²) in [4.78, 5) is 30.6. The number of ether oxygens (including phenoxy) is 1. The molecule has 1 aliphatic heterocycles. The van der Waals surface area contributed by atoms with Crippen molar-refractivity contribution >= 4 is 28.4 Å². The van der Waals surface area contributed by atoms with E-state index >= 15 is 0 Å². The van der Waals surface area contributed by atoms with Crippen molar-refractivity contribution in [3.05, 3.63) is 72.1 Å². The Morgan fingerprint density at radius 1 is 1.00 bits per heavy atom. The molecule has 172 valence electrons. The third-order valence-corrected chi connectivity index (χ3v) is 6.02. The van der Waals surface area contributed by atoms with Crippen molar-refractivity contribution in [3.63, 3.8) is 0 Å². The molecule has 4 aromatic rings. The number of aromatic nitrogens is 3. The quantitative estimate of drug-likeness (QED) is 0.484. The van der Waals surface area contributed by atoms with E-state index in [-0.39, 0.29) is 6.03 Å². The summed E-state index contributed by atoms with van der Waals surface area (Å²) >= 11 is 0. The Morgan fingerprint density at radius 2 is 1.76 bits per heavy atom. The number of hydrogen-bond acceptors (Lipinski definition) is 6. The van der Waals surface area contributed by atoms with Gasteiger partial charge in [-0.1, -0.05) is 12.1 Å². The number of fused-ring (bicyclic) bond motifs is 3. The number of urea groups is 1. The lowest BCUT2D eigenvalue weighted by Gasteiger charge is -2.35. The number of hydrogen-bond donors (Lipinski definition) is 1. The van der Waals surface area contributed by atoms with Crippen molar-refractivity contribution in [1.82, 2.24) is 19.9 Å². The lowest BCUT2D eigenvalue weighted by molar-refractivity contribution is 0.213. The number of nitrogens with two attached hydrogens (primary N) is 1. The maximum Gasteiger partial charge on any atom is 0.329 e. The van der Waals surface area contributed by atoms with Gasteiger partial charge >= 0.3 is 6.03 Å². The molecule has 0 fully saturated rings. The summed E-state index contributed by atoms with van der Waals surface area (Å²) in [7, 11) is 3.37. The van der Waals surface area contributed by atoms with Crippen LogP contribution in [0.4, 0.5) is 16.2 Å². The van der Waals surface area contributed by atoms with Gasteiger partial charge in [0.2, 0.25) is 5.88 Å². The second kappa shape index (κ2) is 8.07. The Kier molecular flexibility index (Phi) is 5.17. The van der Waals surface area contributed by atoms with Crippen LogP contribution in [0.5, 0.6) is 5.88 Å². The number of carbonyl (C=O) groups excluding carboxylic acids is 1. The van der Waals surface area contributed by atoms with Crippen LogP contribution >= 0.6 is 0 Å². The van der Waals surface area contributed by atoms with E-state index in [4.69, 9.17) is 15.5 Å². The Hall–Kier alpha value is -4.04. The number of rotatable bonds is 4. The molecule has 34 heavy (non-hydrogen) atoms. The Labute approximate surface area is 198 Å². The highest BCUT2D eigenvalue weighted by molar-refractivity contribution is 6.08. The maximum absolute atomic E-state index is 13.4. The number of amides is 2. The molecule has 0 unspecified atom stereocenters. The lowest BCUT2D eigenvalue weighted by Crippen LogP contribution is -2.42. The zero-order valence-corrected chi connectivity index (χ0v) is 19.6. The van der Waals surface area contributed by atoms with E-state index in [1.165, 1.54) is 0 Å². The average Bonchev–Trinajstić information content (AvgIpc) is 2.84. The minimum Gasteiger partial charge on any atom is -0.481 e. The van der Waals surface area contributed by atoms with Crippen LogP contribution in [-0.2, 0) is 12.1 Å². The van der Waals surface area contributed by atoms with Gasteiger partial charge in [0.1, 0.15) is 5.52 Å². The predicted molar refractivity (Wildman–Crippen MR) is 132 cm³/mol. The van der Waals surface area contributed by atoms with Crippen molar-refractivity contribution in [2.75, 3.05) is 19.1 Å². The van der Waals surface area contributed by atoms with Crippen molar-refractivity contribution in [3.8, 4) is 17.1 Å². The third kappa shape index (κ3) is 3.72. The van der Waals surface area contributed by atoms with E-state index in [2.05, 4.69) is 9.97 Å². The molecular weight excluding hydrogens is 428 g/mol. The largest absolute Gasteiger partial charge is 0.481 e. The molecule has 2 N–H and O–H groups in total. The maximum atomic E-state index is 13.4. The highest BCUT2D eigenvalue weighted by atomic mass is 16.5. The summed E-state index contributed by atoms with van der Waals surface area (Å²) in [6.45, 7) is 4.36. The third-order valence-electron chi connectivity index (χ3n) is 6.02. The zero-order valence-electron chi connectivity index (χ0n) is 19.6. The SMILES string of the molecule is COc1ccc(-c2ccc3ncc4c(c3n2)N(c2ccc(C(C)(C)N)cc2)C(=O)N(C)C4)cn1. The molecular formula is C26H26N6O2. The fraction of sp³-hybridized carbons (Fsp3) is 0.231. The van der Waals surface area contributed by atoms with Gasteiger partial charge in [-0.05, 0) is 49.7 Å². The van der Waals surface area contributed by atoms with Gasteiger partial charge in [-0.25, -0.2) is 14.8 Å². The van der Waals surface area contributed by atoms with E-state index in [0.29, 0.717) is 23.5 Å². The summed E-state index contributed by atoms with van der Waals surface area (Å²) in [6, 6.07) is 15.2. The molecule has 1 aromatic carbocycles. The molecule has 0 spiro atoms. The summed E-state index contributed by atoms with van der Waals surface area (Å²) in [5, 5.41) is 0. The van der Waals surface area contributed by atoms with Crippen LogP contribution in [0.2, 0.25) is 0 Å². The molecule has 8 heteroatoms. The number of benzene rings is 1. The van der Waals surface area contributed by atoms with Crippen LogP contribution < -0.4 is 15.4 Å². The van der Waals surface area contributed by atoms with Gasteiger partial charge in [0, 0.05) is 42.2 Å². The molecule has 0 saturated carbocycles. The van der Waals surface area contributed by atoms with Gasteiger partial charge in [-0.15, -0.1) is 0 Å². The van der Waals surface area contributed by atoms with Gasteiger partial charge in [0.25, 0.3) is 0 Å². The Balaban J connectivity index is 1.68. The number of nitrogens with zero attached hydrogens (tertiary/aromatic N) is 5. The van der Waals surface area contributed by atoms with E-state index in [1.807, 2.05) is 62.5 Å². The van der Waals surface area contributed by atoms with Crippen LogP contribution in [0.3, 0.4) is 0 Å². The molecule has 0 bridgehead atoms. The Bertz CT molecular complexity index is 1380. The Morgan fingerprint density at radius 3 is 2.41 bits per heavy atom. The summed E-state index contributed by atoms with van der Waals surface area (Å²) in [5.41, 5.74) is 12.2. The summed E-state index contributed by atoms with van der Waals surface area (Å²) in [5.74, 6) is 0.535. The molecule has 0 radical (unpaired) electrons. The van der Waals surface area contributed by atoms with E-state index in [1.54, 1.807) is 36.2 Å². The normalized spacial score (nSPS) is 13.9. The molecule has 0 atom stereocenters. The van der Waals surface area contributed by atoms with Gasteiger partial charge in [0.05, 0.1) is 36.2 Å². The first kappa shape index (κ1) is 21.8. The van der Waals surface area contributed by atoms with Crippen molar-refractivity contribution in [2.24, 2.45) is 5.73 Å². The molecule has 2 amide bonds. The first-order valence-corrected chi connectivity index (χ1v) is 11.0. The van der Waals surface area contributed by atoms with Gasteiger partial charge in [-0.3, -0.25) is 9.88 Å². The molecule has 1 aliphatic rings. The highest BCUT2D eigenvalue weighted by Crippen LogP contribution is 2.39. The highest BCUT2D eigenvalue weighted by Gasteiger charge is 2.32. The smallest absolute Gasteiger partial charge is 0.329 e. The monoisotopic (exact) mass is 454 g/mol. The van der Waals surface area contributed by atoms with Gasteiger partial charge < -0.3 is 15.4 Å². The molecule has 0 aliphatic carbocycles. The zero-order chi connectivity index (χ0) is 24.0. The first-order chi connectivity index (χ1) is 16.3. The molecule has 0 saturated heterocycles. The van der Waals surface area contributed by atoms with Crippen LogP contribution in [0.1, 0.15) is 25.0 Å². The van der Waals surface area contributed by atoms with E-state index in [0.717, 1.165) is 33.8 Å². The molecule has 5 rings (SSSR count). The van der Waals surface area contributed by atoms with Gasteiger partial charge in [0.15, 0.2) is 0 Å². The van der Waals surface area contributed by atoms with Crippen LogP contribution in [0.25, 0.3) is 22.3 Å². The predicted octanol–water partition coefficient (Wildman–Crippen LogP) is 4.60. The minimum atomic E-state index is -0.474. The molecule has 3 aromatic heterocycles. The number of anilines is 2. The first-order valence-electron chi connectivity index (χ1n) is 11.0. The van der Waals surface area contributed by atoms with Crippen LogP contribution in [0, 0.1) is 0 Å². The lowest BCUT2D eigenvalue weighted by atomic mass is 9.95. The van der Waals surface area contributed by atoms with Crippen molar-refractivity contribution in [1.29, 1.82) is 0 Å². The fourth-order valence-electron chi connectivity index (χ4n) is 4.14. The van der Waals surface area contributed by atoms with Crippen LogP contribution in [0.15, 0.2) is 60.9 Å². The standard InChI is InChI=1S/C26H26N6O2/c1-26(2,27)18-6-8-19(9-7-18)32-24-17(15-31(3)25(32)33)14-28-21-11-10-20(30-23(21)24)16-5-12-22(34-4)29-13-16/h5-14H,15,27H2,1-4H3. The van der Waals surface area contributed by atoms with Gasteiger partial charge in [-0.2, -0.15) is 0 Å². The van der Waals surface area contributed by atoms with E-state index in [9.17, 15) is 4.79 Å². The number of methoxy groups -OCH3 is 1. The minimum absolute atomic E-state index is 0.127. The topological polar surface area (TPSA) is 97.5 Å². The summed E-state index contributed by atoms with van der Waals surface area (Å²) in [6.07, 6.45) is 3.54.